The van der Waals surface area contributed by atoms with Gasteiger partial charge in [-0.1, -0.05) is 12.1 Å². The van der Waals surface area contributed by atoms with E-state index in [-0.39, 0.29) is 10.7 Å². The van der Waals surface area contributed by atoms with Gasteiger partial charge in [-0.2, -0.15) is 5.26 Å². The van der Waals surface area contributed by atoms with Crippen molar-refractivity contribution >= 4 is 52.2 Å². The van der Waals surface area contributed by atoms with E-state index in [1.807, 2.05) is 45.0 Å². The average molecular weight is 501 g/mol. The van der Waals surface area contributed by atoms with Crippen LogP contribution in [-0.2, 0) is 22.4 Å². The molecule has 1 aromatic carbocycles. The van der Waals surface area contributed by atoms with Crippen LogP contribution >= 0.6 is 23.6 Å². The predicted molar refractivity (Wildman–Crippen MR) is 142 cm³/mol. The van der Waals surface area contributed by atoms with Gasteiger partial charge in [0, 0.05) is 16.3 Å². The minimum atomic E-state index is -0.516. The van der Waals surface area contributed by atoms with Crippen LogP contribution in [0.1, 0.15) is 51.4 Å². The van der Waals surface area contributed by atoms with Gasteiger partial charge in [-0.25, -0.2) is 0 Å². The van der Waals surface area contributed by atoms with E-state index >= 15 is 0 Å². The Bertz CT molecular complexity index is 1490. The van der Waals surface area contributed by atoms with Crippen LogP contribution in [0.25, 0.3) is 11.1 Å². The molecule has 176 valence electrons. The number of carbonyl (C=O) groups excluding carboxylic acids is 2. The van der Waals surface area contributed by atoms with Gasteiger partial charge in [0.2, 0.25) is 0 Å². The fraction of sp³-hybridized carbons (Fsp3) is 0.259. The molecule has 1 aliphatic carbocycles. The average Bonchev–Trinajstić information content (AvgIpc) is 3.32. The summed E-state index contributed by atoms with van der Waals surface area (Å²) in [6, 6.07) is 11.8. The van der Waals surface area contributed by atoms with Crippen molar-refractivity contribution in [1.29, 1.82) is 5.26 Å². The Balaban J connectivity index is 1.58. The number of aryl methyl sites for hydroxylation is 3. The lowest BCUT2D eigenvalue weighted by atomic mass is 9.96. The van der Waals surface area contributed by atoms with Crippen molar-refractivity contribution in [2.24, 2.45) is 0 Å². The second-order valence-electron chi connectivity index (χ2n) is 8.96. The molecular formula is C27H24N4O2S2. The summed E-state index contributed by atoms with van der Waals surface area (Å²) in [5.74, 6) is -0.975. The molecule has 0 radical (unpaired) electrons. The number of thiocarbonyl (C=S) groups is 1. The van der Waals surface area contributed by atoms with Crippen LogP contribution in [0.15, 0.2) is 35.9 Å². The van der Waals surface area contributed by atoms with Gasteiger partial charge in [-0.3, -0.25) is 19.8 Å². The van der Waals surface area contributed by atoms with Crippen molar-refractivity contribution in [1.82, 2.24) is 9.88 Å². The first kappa shape index (κ1) is 23.2. The molecule has 3 heterocycles. The van der Waals surface area contributed by atoms with E-state index in [9.17, 15) is 14.9 Å². The van der Waals surface area contributed by atoms with E-state index < -0.39 is 11.8 Å². The number of benzene rings is 1. The van der Waals surface area contributed by atoms with Crippen LogP contribution in [0.5, 0.6) is 0 Å². The first-order chi connectivity index (χ1) is 16.8. The maximum Gasteiger partial charge on any atom is 0.270 e. The summed E-state index contributed by atoms with van der Waals surface area (Å²) in [6.07, 6.45) is 5.83. The summed E-state index contributed by atoms with van der Waals surface area (Å²) in [5, 5.41) is 13.6. The number of thiophene rings is 1. The van der Waals surface area contributed by atoms with Gasteiger partial charge in [-0.05, 0) is 99.6 Å². The topological polar surface area (TPSA) is 78.1 Å². The van der Waals surface area contributed by atoms with Crippen LogP contribution < -0.4 is 10.2 Å². The summed E-state index contributed by atoms with van der Waals surface area (Å²) < 4.78 is 2.07. The summed E-state index contributed by atoms with van der Waals surface area (Å²) in [4.78, 5) is 28.9. The molecule has 3 aromatic rings. The molecule has 0 bridgehead atoms. The first-order valence-electron chi connectivity index (χ1n) is 11.5. The highest BCUT2D eigenvalue weighted by Gasteiger charge is 2.35. The molecule has 1 N–H and O–H groups in total. The van der Waals surface area contributed by atoms with Gasteiger partial charge >= 0.3 is 0 Å². The number of aromatic nitrogens is 1. The number of hydrogen-bond donors (Lipinski definition) is 1. The third-order valence-electron chi connectivity index (χ3n) is 6.60. The van der Waals surface area contributed by atoms with Crippen LogP contribution in [0, 0.1) is 32.1 Å². The molecule has 2 amide bonds. The van der Waals surface area contributed by atoms with Crippen LogP contribution in [0.2, 0.25) is 0 Å². The number of hydrogen-bond acceptors (Lipinski definition) is 5. The second-order valence-corrected chi connectivity index (χ2v) is 10.4. The zero-order valence-electron chi connectivity index (χ0n) is 19.8. The maximum atomic E-state index is 13.4. The molecule has 0 saturated carbocycles. The Morgan fingerprint density at radius 1 is 1.14 bits per heavy atom. The van der Waals surface area contributed by atoms with Crippen LogP contribution in [0.4, 0.5) is 5.69 Å². The van der Waals surface area contributed by atoms with Crippen molar-refractivity contribution in [3.63, 3.8) is 0 Å². The third kappa shape index (κ3) is 3.91. The van der Waals surface area contributed by atoms with E-state index in [2.05, 4.69) is 16.0 Å². The lowest BCUT2D eigenvalue weighted by molar-refractivity contribution is -0.122. The number of anilines is 1. The standard InChI is InChI=1S/C27H24N4O2S2/c1-15-7-6-8-19(11-15)31-25(33)21(24(32)29-27(31)34)13-18-12-16(2)30(17(18)3)26-22(14-28)20-9-4-5-10-23(20)35-26/h6-8,11-13H,4-5,9-10H2,1-3H3,(H,29,32,34). The zero-order valence-corrected chi connectivity index (χ0v) is 21.4. The molecule has 1 aliphatic heterocycles. The molecule has 2 aliphatic rings. The summed E-state index contributed by atoms with van der Waals surface area (Å²) in [6.45, 7) is 5.86. The number of carbonyl (C=O) groups is 2. The Labute approximate surface area is 213 Å². The quantitative estimate of drug-likeness (QED) is 0.310. The number of nitrogens with zero attached hydrogens (tertiary/aromatic N) is 3. The van der Waals surface area contributed by atoms with E-state index in [1.165, 1.54) is 15.3 Å². The monoisotopic (exact) mass is 500 g/mol. The van der Waals surface area contributed by atoms with Crippen LogP contribution in [-0.4, -0.2) is 21.5 Å². The number of amides is 2. The summed E-state index contributed by atoms with van der Waals surface area (Å²) >= 11 is 7.00. The summed E-state index contributed by atoms with van der Waals surface area (Å²) in [7, 11) is 0. The molecule has 1 saturated heterocycles. The van der Waals surface area contributed by atoms with Gasteiger partial charge in [0.05, 0.1) is 11.3 Å². The van der Waals surface area contributed by atoms with E-state index in [0.717, 1.165) is 58.8 Å². The Morgan fingerprint density at radius 3 is 2.66 bits per heavy atom. The van der Waals surface area contributed by atoms with Gasteiger partial charge in [-0.15, -0.1) is 11.3 Å². The minimum absolute atomic E-state index is 0.0198. The van der Waals surface area contributed by atoms with E-state index in [4.69, 9.17) is 12.2 Å². The van der Waals surface area contributed by atoms with Gasteiger partial charge < -0.3 is 4.57 Å². The van der Waals surface area contributed by atoms with Crippen molar-refractivity contribution in [2.75, 3.05) is 4.90 Å². The molecule has 0 unspecified atom stereocenters. The van der Waals surface area contributed by atoms with Crippen molar-refractivity contribution in [3.8, 4) is 11.1 Å². The van der Waals surface area contributed by atoms with Crippen molar-refractivity contribution in [2.45, 2.75) is 46.5 Å². The van der Waals surface area contributed by atoms with Gasteiger partial charge in [0.1, 0.15) is 16.6 Å². The summed E-state index contributed by atoms with van der Waals surface area (Å²) in [5.41, 5.74) is 6.11. The number of nitrogens with one attached hydrogen (secondary N) is 1. The molecular weight excluding hydrogens is 476 g/mol. The number of fused-ring (bicyclic) bond motifs is 1. The SMILES string of the molecule is Cc1cccc(N2C(=O)C(=Cc3cc(C)n(-c4sc5c(c4C#N)CCCC5)c3C)C(=O)NC2=S)c1. The number of rotatable bonds is 3. The second kappa shape index (κ2) is 8.91. The number of nitriles is 1. The lowest BCUT2D eigenvalue weighted by Gasteiger charge is -2.29. The van der Waals surface area contributed by atoms with Crippen LogP contribution in [0.3, 0.4) is 0 Å². The molecule has 0 spiro atoms. The normalized spacial score (nSPS) is 16.9. The third-order valence-corrected chi connectivity index (χ3v) is 8.16. The fourth-order valence-corrected chi connectivity index (χ4v) is 6.62. The fourth-order valence-electron chi connectivity index (χ4n) is 4.89. The maximum absolute atomic E-state index is 13.4. The molecule has 2 aromatic heterocycles. The Kier molecular flexibility index (Phi) is 5.91. The predicted octanol–water partition coefficient (Wildman–Crippen LogP) is 5.05. The zero-order chi connectivity index (χ0) is 24.9. The lowest BCUT2D eigenvalue weighted by Crippen LogP contribution is -2.54. The molecule has 5 rings (SSSR count). The largest absolute Gasteiger partial charge is 0.308 e. The highest BCUT2D eigenvalue weighted by Crippen LogP contribution is 2.38. The van der Waals surface area contributed by atoms with E-state index in [0.29, 0.717) is 5.69 Å². The van der Waals surface area contributed by atoms with Gasteiger partial charge in [0.25, 0.3) is 11.8 Å². The van der Waals surface area contributed by atoms with Gasteiger partial charge in [0.15, 0.2) is 5.11 Å². The minimum Gasteiger partial charge on any atom is -0.308 e. The molecule has 35 heavy (non-hydrogen) atoms. The first-order valence-corrected chi connectivity index (χ1v) is 12.7. The highest BCUT2D eigenvalue weighted by molar-refractivity contribution is 7.80. The smallest absolute Gasteiger partial charge is 0.270 e. The molecule has 1 fully saturated rings. The Morgan fingerprint density at radius 2 is 1.91 bits per heavy atom. The molecule has 0 atom stereocenters. The molecule has 6 nitrogen and oxygen atoms in total. The Hall–Kier alpha value is -3.54. The van der Waals surface area contributed by atoms with E-state index in [1.54, 1.807) is 23.5 Å². The molecule has 8 heteroatoms. The van der Waals surface area contributed by atoms with Crippen molar-refractivity contribution in [3.05, 3.63) is 74.4 Å². The highest BCUT2D eigenvalue weighted by atomic mass is 32.1. The van der Waals surface area contributed by atoms with Crippen molar-refractivity contribution < 1.29 is 9.59 Å².